The van der Waals surface area contributed by atoms with Crippen LogP contribution in [0.3, 0.4) is 0 Å². The molecule has 1 amide bonds. The normalized spacial score (nSPS) is 12.5. The maximum absolute atomic E-state index is 12.6. The Morgan fingerprint density at radius 1 is 1.19 bits per heavy atom. The van der Waals surface area contributed by atoms with Crippen molar-refractivity contribution in [3.05, 3.63) is 52.5 Å². The summed E-state index contributed by atoms with van der Waals surface area (Å²) >= 11 is 6.06. The second kappa shape index (κ2) is 8.73. The molecule has 1 atom stereocenters. The van der Waals surface area contributed by atoms with Crippen molar-refractivity contribution >= 4 is 33.2 Å². The monoisotopic (exact) mass is 410 g/mol. The van der Waals surface area contributed by atoms with Crippen molar-refractivity contribution < 1.29 is 17.9 Å². The van der Waals surface area contributed by atoms with Crippen LogP contribution in [0.1, 0.15) is 25.0 Å². The van der Waals surface area contributed by atoms with Crippen LogP contribution in [0, 0.1) is 13.8 Å². The number of rotatable bonds is 7. The van der Waals surface area contributed by atoms with Gasteiger partial charge in [-0.2, -0.15) is 4.72 Å². The molecule has 0 bridgehead atoms. The summed E-state index contributed by atoms with van der Waals surface area (Å²) in [5.41, 5.74) is 2.53. The van der Waals surface area contributed by atoms with Crippen molar-refractivity contribution in [1.82, 2.24) is 4.72 Å². The summed E-state index contributed by atoms with van der Waals surface area (Å²) in [6.45, 7) is 7.48. The van der Waals surface area contributed by atoms with Crippen molar-refractivity contribution in [3.63, 3.8) is 0 Å². The van der Waals surface area contributed by atoms with Crippen molar-refractivity contribution in [3.8, 4) is 5.75 Å². The first-order chi connectivity index (χ1) is 12.6. The van der Waals surface area contributed by atoms with Crippen LogP contribution in [0.4, 0.5) is 5.69 Å². The molecular formula is C19H23ClN2O4S. The Morgan fingerprint density at radius 3 is 2.52 bits per heavy atom. The molecule has 0 heterocycles. The third kappa shape index (κ3) is 5.45. The Morgan fingerprint density at radius 2 is 1.89 bits per heavy atom. The standard InChI is InChI=1S/C19H23ClN2O4S/c1-5-26-18-9-8-15(11-16(18)20)27(24,25)22-14(4)19(23)21-17-10-12(2)6-7-13(17)3/h6-11,14,22H,5H2,1-4H3,(H,21,23)/t14-/m0/s1. The van der Waals surface area contributed by atoms with Crippen molar-refractivity contribution in [2.45, 2.75) is 38.6 Å². The fraction of sp³-hybridized carbons (Fsp3) is 0.316. The van der Waals surface area contributed by atoms with E-state index in [0.717, 1.165) is 11.1 Å². The first kappa shape index (κ1) is 21.2. The van der Waals surface area contributed by atoms with Crippen LogP contribution in [0.2, 0.25) is 5.02 Å². The summed E-state index contributed by atoms with van der Waals surface area (Å²) in [7, 11) is -3.92. The van der Waals surface area contributed by atoms with Gasteiger partial charge in [0.15, 0.2) is 0 Å². The van der Waals surface area contributed by atoms with E-state index in [1.165, 1.54) is 25.1 Å². The van der Waals surface area contributed by atoms with Gasteiger partial charge in [0.2, 0.25) is 15.9 Å². The van der Waals surface area contributed by atoms with Crippen molar-refractivity contribution in [2.75, 3.05) is 11.9 Å². The highest BCUT2D eigenvalue weighted by atomic mass is 35.5. The van der Waals surface area contributed by atoms with Crippen LogP contribution < -0.4 is 14.8 Å². The third-order valence-electron chi connectivity index (χ3n) is 3.89. The van der Waals surface area contributed by atoms with E-state index in [-0.39, 0.29) is 9.92 Å². The zero-order chi connectivity index (χ0) is 20.2. The number of anilines is 1. The topological polar surface area (TPSA) is 84.5 Å². The molecule has 0 spiro atoms. The van der Waals surface area contributed by atoms with Crippen LogP contribution in [0.15, 0.2) is 41.3 Å². The van der Waals surface area contributed by atoms with Gasteiger partial charge in [-0.25, -0.2) is 8.42 Å². The summed E-state index contributed by atoms with van der Waals surface area (Å²) in [6, 6.07) is 8.86. The minimum atomic E-state index is -3.92. The second-order valence-electron chi connectivity index (χ2n) is 6.18. The van der Waals surface area contributed by atoms with Gasteiger partial charge in [-0.3, -0.25) is 4.79 Å². The largest absolute Gasteiger partial charge is 0.492 e. The summed E-state index contributed by atoms with van der Waals surface area (Å²) in [5, 5.41) is 2.94. The Labute approximate surface area is 164 Å². The molecule has 0 unspecified atom stereocenters. The summed E-state index contributed by atoms with van der Waals surface area (Å²) in [5.74, 6) is -0.0526. The smallest absolute Gasteiger partial charge is 0.242 e. The lowest BCUT2D eigenvalue weighted by Gasteiger charge is -2.16. The predicted molar refractivity (Wildman–Crippen MR) is 107 cm³/mol. The highest BCUT2D eigenvalue weighted by Gasteiger charge is 2.23. The number of benzene rings is 2. The highest BCUT2D eigenvalue weighted by Crippen LogP contribution is 2.27. The van der Waals surface area contributed by atoms with E-state index in [0.29, 0.717) is 18.0 Å². The van der Waals surface area contributed by atoms with E-state index in [1.807, 2.05) is 32.0 Å². The van der Waals surface area contributed by atoms with E-state index in [9.17, 15) is 13.2 Å². The number of hydrogen-bond acceptors (Lipinski definition) is 4. The van der Waals surface area contributed by atoms with E-state index in [4.69, 9.17) is 16.3 Å². The highest BCUT2D eigenvalue weighted by molar-refractivity contribution is 7.89. The molecule has 2 aromatic rings. The molecule has 8 heteroatoms. The van der Waals surface area contributed by atoms with Crippen molar-refractivity contribution in [2.24, 2.45) is 0 Å². The summed E-state index contributed by atoms with van der Waals surface area (Å²) < 4.78 is 32.8. The molecule has 0 aromatic heterocycles. The Hall–Kier alpha value is -2.09. The summed E-state index contributed by atoms with van der Waals surface area (Å²) in [4.78, 5) is 12.4. The summed E-state index contributed by atoms with van der Waals surface area (Å²) in [6.07, 6.45) is 0. The lowest BCUT2D eigenvalue weighted by atomic mass is 10.1. The number of aryl methyl sites for hydroxylation is 2. The molecule has 2 N–H and O–H groups in total. The third-order valence-corrected chi connectivity index (χ3v) is 5.72. The minimum Gasteiger partial charge on any atom is -0.492 e. The van der Waals surface area contributed by atoms with Crippen LogP contribution in [0.5, 0.6) is 5.75 Å². The molecule has 6 nitrogen and oxygen atoms in total. The lowest BCUT2D eigenvalue weighted by molar-refractivity contribution is -0.117. The SMILES string of the molecule is CCOc1ccc(S(=O)(=O)N[C@@H](C)C(=O)Nc2cc(C)ccc2C)cc1Cl. The number of ether oxygens (including phenoxy) is 1. The number of hydrogen-bond donors (Lipinski definition) is 2. The van der Waals surface area contributed by atoms with Gasteiger partial charge >= 0.3 is 0 Å². The maximum atomic E-state index is 12.6. The van der Waals surface area contributed by atoms with Gasteiger partial charge < -0.3 is 10.1 Å². The average Bonchev–Trinajstić information content (AvgIpc) is 2.59. The molecule has 0 aliphatic rings. The van der Waals surface area contributed by atoms with E-state index in [1.54, 1.807) is 6.92 Å². The van der Waals surface area contributed by atoms with Crippen LogP contribution in [0.25, 0.3) is 0 Å². The molecule has 146 valence electrons. The number of halogens is 1. The second-order valence-corrected chi connectivity index (χ2v) is 8.30. The predicted octanol–water partition coefficient (Wildman–Crippen LogP) is 3.66. The van der Waals surface area contributed by atoms with Crippen LogP contribution >= 0.6 is 11.6 Å². The van der Waals surface area contributed by atoms with Gasteiger partial charge in [-0.15, -0.1) is 0 Å². The van der Waals surface area contributed by atoms with Gasteiger partial charge in [0.1, 0.15) is 5.75 Å². The van der Waals surface area contributed by atoms with Crippen LogP contribution in [-0.4, -0.2) is 27.0 Å². The van der Waals surface area contributed by atoms with Gasteiger partial charge in [0.25, 0.3) is 0 Å². The zero-order valence-electron chi connectivity index (χ0n) is 15.7. The van der Waals surface area contributed by atoms with Gasteiger partial charge in [0.05, 0.1) is 22.6 Å². The van der Waals surface area contributed by atoms with E-state index >= 15 is 0 Å². The molecule has 0 aliphatic heterocycles. The molecular weight excluding hydrogens is 388 g/mol. The first-order valence-electron chi connectivity index (χ1n) is 8.47. The minimum absolute atomic E-state index is 0.0395. The van der Waals surface area contributed by atoms with Gasteiger partial charge in [0, 0.05) is 5.69 Å². The Bertz CT molecular complexity index is 945. The molecule has 0 saturated heterocycles. The van der Waals surface area contributed by atoms with E-state index in [2.05, 4.69) is 10.0 Å². The number of nitrogens with one attached hydrogen (secondary N) is 2. The maximum Gasteiger partial charge on any atom is 0.242 e. The number of amides is 1. The van der Waals surface area contributed by atoms with Gasteiger partial charge in [-0.1, -0.05) is 23.7 Å². The van der Waals surface area contributed by atoms with E-state index < -0.39 is 22.0 Å². The molecule has 27 heavy (non-hydrogen) atoms. The van der Waals surface area contributed by atoms with Crippen LogP contribution in [-0.2, 0) is 14.8 Å². The van der Waals surface area contributed by atoms with Gasteiger partial charge in [-0.05, 0) is 63.1 Å². The molecule has 0 radical (unpaired) electrons. The quantitative estimate of drug-likeness (QED) is 0.729. The molecule has 2 aromatic carbocycles. The van der Waals surface area contributed by atoms with Crippen molar-refractivity contribution in [1.29, 1.82) is 0 Å². The molecule has 0 aliphatic carbocycles. The fourth-order valence-corrected chi connectivity index (χ4v) is 3.92. The average molecular weight is 411 g/mol. The zero-order valence-corrected chi connectivity index (χ0v) is 17.2. The first-order valence-corrected chi connectivity index (χ1v) is 10.3. The Kier molecular flexibility index (Phi) is 6.86. The fourth-order valence-electron chi connectivity index (χ4n) is 2.39. The number of carbonyl (C=O) groups excluding carboxylic acids is 1. The molecule has 2 rings (SSSR count). The lowest BCUT2D eigenvalue weighted by Crippen LogP contribution is -2.41. The Balaban J connectivity index is 2.13. The number of carbonyl (C=O) groups is 1. The number of sulfonamides is 1. The molecule has 0 fully saturated rings. The molecule has 0 saturated carbocycles.